The first-order valence-corrected chi connectivity index (χ1v) is 8.70. The van der Waals surface area contributed by atoms with Crippen LogP contribution >= 0.6 is 0 Å². The molecule has 4 nitrogen and oxygen atoms in total. The Labute approximate surface area is 127 Å². The number of nitrogens with zero attached hydrogens (tertiary/aromatic N) is 2. The summed E-state index contributed by atoms with van der Waals surface area (Å²) in [5.74, 6) is 2.11. The fourth-order valence-electron chi connectivity index (χ4n) is 4.35. The van der Waals surface area contributed by atoms with E-state index in [0.29, 0.717) is 18.1 Å². The van der Waals surface area contributed by atoms with Crippen LogP contribution in [0, 0.1) is 0 Å². The van der Waals surface area contributed by atoms with Gasteiger partial charge in [-0.05, 0) is 25.7 Å². The molecule has 0 saturated heterocycles. The molecule has 21 heavy (non-hydrogen) atoms. The summed E-state index contributed by atoms with van der Waals surface area (Å²) in [7, 11) is 1.84. The van der Waals surface area contributed by atoms with Crippen molar-refractivity contribution in [2.24, 2.45) is 0 Å². The quantitative estimate of drug-likeness (QED) is 0.930. The van der Waals surface area contributed by atoms with Crippen LogP contribution in [-0.2, 0) is 17.7 Å². The summed E-state index contributed by atoms with van der Waals surface area (Å²) in [5.41, 5.74) is 2.84. The molecule has 2 fully saturated rings. The molecule has 116 valence electrons. The molecular formula is C17H27N3O. The van der Waals surface area contributed by atoms with Gasteiger partial charge < -0.3 is 14.6 Å². The third-order valence-electron chi connectivity index (χ3n) is 5.69. The van der Waals surface area contributed by atoms with Crippen LogP contribution in [0.15, 0.2) is 0 Å². The first-order chi connectivity index (χ1) is 10.4. The Morgan fingerprint density at radius 3 is 2.76 bits per heavy atom. The van der Waals surface area contributed by atoms with E-state index >= 15 is 0 Å². The molecule has 4 heteroatoms. The number of rotatable bonds is 3. The Kier molecular flexibility index (Phi) is 3.76. The zero-order chi connectivity index (χ0) is 14.2. The molecule has 4 rings (SSSR count). The highest BCUT2D eigenvalue weighted by Crippen LogP contribution is 2.41. The SMILES string of the molecule is COC1CC(n2c(C3CCCCC3)nc3c2CCNC3)C1. The van der Waals surface area contributed by atoms with E-state index < -0.39 is 0 Å². The molecule has 0 amide bonds. The highest BCUT2D eigenvalue weighted by molar-refractivity contribution is 5.24. The fourth-order valence-corrected chi connectivity index (χ4v) is 4.35. The summed E-state index contributed by atoms with van der Waals surface area (Å²) in [6, 6.07) is 0.640. The predicted molar refractivity (Wildman–Crippen MR) is 82.5 cm³/mol. The van der Waals surface area contributed by atoms with Gasteiger partial charge in [-0.15, -0.1) is 0 Å². The maximum absolute atomic E-state index is 5.50. The van der Waals surface area contributed by atoms with Gasteiger partial charge >= 0.3 is 0 Å². The maximum Gasteiger partial charge on any atom is 0.112 e. The molecule has 2 saturated carbocycles. The predicted octanol–water partition coefficient (Wildman–Crippen LogP) is 2.93. The normalized spacial score (nSPS) is 30.0. The zero-order valence-corrected chi connectivity index (χ0v) is 13.1. The monoisotopic (exact) mass is 289 g/mol. The van der Waals surface area contributed by atoms with Gasteiger partial charge in [0.15, 0.2) is 0 Å². The van der Waals surface area contributed by atoms with Gasteiger partial charge in [-0.2, -0.15) is 0 Å². The summed E-state index contributed by atoms with van der Waals surface area (Å²) < 4.78 is 8.14. The van der Waals surface area contributed by atoms with Gasteiger partial charge in [0.05, 0.1) is 11.8 Å². The lowest BCUT2D eigenvalue weighted by molar-refractivity contribution is 0.00409. The van der Waals surface area contributed by atoms with Gasteiger partial charge in [-0.1, -0.05) is 19.3 Å². The number of aromatic nitrogens is 2. The van der Waals surface area contributed by atoms with E-state index in [9.17, 15) is 0 Å². The van der Waals surface area contributed by atoms with Crippen LogP contribution in [0.3, 0.4) is 0 Å². The molecule has 1 aliphatic heterocycles. The minimum absolute atomic E-state index is 0.467. The van der Waals surface area contributed by atoms with Crippen molar-refractivity contribution in [2.75, 3.05) is 13.7 Å². The number of ether oxygens (including phenoxy) is 1. The van der Waals surface area contributed by atoms with Crippen LogP contribution in [0.4, 0.5) is 0 Å². The second-order valence-corrected chi connectivity index (χ2v) is 6.98. The van der Waals surface area contributed by atoms with Gasteiger partial charge in [0.1, 0.15) is 5.82 Å². The number of hydrogen-bond donors (Lipinski definition) is 1. The second-order valence-electron chi connectivity index (χ2n) is 6.98. The molecule has 0 atom stereocenters. The lowest BCUT2D eigenvalue weighted by Gasteiger charge is -2.38. The van der Waals surface area contributed by atoms with Crippen LogP contribution in [0.25, 0.3) is 0 Å². The molecular weight excluding hydrogens is 262 g/mol. The largest absolute Gasteiger partial charge is 0.381 e. The van der Waals surface area contributed by atoms with Gasteiger partial charge in [0, 0.05) is 44.3 Å². The topological polar surface area (TPSA) is 39.1 Å². The molecule has 0 bridgehead atoms. The smallest absolute Gasteiger partial charge is 0.112 e. The standard InChI is InChI=1S/C17H27N3O/c1-21-14-9-13(10-14)20-16-7-8-18-11-15(16)19-17(20)12-5-3-2-4-6-12/h12-14,18H,2-11H2,1H3. The van der Waals surface area contributed by atoms with Crippen LogP contribution in [0.5, 0.6) is 0 Å². The average Bonchev–Trinajstić information content (AvgIpc) is 2.87. The van der Waals surface area contributed by atoms with Crippen molar-refractivity contribution in [2.45, 2.75) is 76.0 Å². The first kappa shape index (κ1) is 13.8. The van der Waals surface area contributed by atoms with Crippen LogP contribution in [0.2, 0.25) is 0 Å². The number of methoxy groups -OCH3 is 1. The number of imidazole rings is 1. The first-order valence-electron chi connectivity index (χ1n) is 8.70. The van der Waals surface area contributed by atoms with Gasteiger partial charge in [-0.3, -0.25) is 0 Å². The van der Waals surface area contributed by atoms with Crippen molar-refractivity contribution in [3.8, 4) is 0 Å². The van der Waals surface area contributed by atoms with E-state index in [1.54, 1.807) is 0 Å². The van der Waals surface area contributed by atoms with E-state index in [1.807, 2.05) is 7.11 Å². The van der Waals surface area contributed by atoms with Crippen molar-refractivity contribution in [3.63, 3.8) is 0 Å². The third-order valence-corrected chi connectivity index (χ3v) is 5.69. The highest BCUT2D eigenvalue weighted by Gasteiger charge is 2.36. The minimum atomic E-state index is 0.467. The molecule has 1 N–H and O–H groups in total. The molecule has 2 heterocycles. The van der Waals surface area contributed by atoms with Crippen LogP contribution in [0.1, 0.15) is 74.1 Å². The van der Waals surface area contributed by atoms with E-state index in [-0.39, 0.29) is 0 Å². The van der Waals surface area contributed by atoms with Gasteiger partial charge in [0.2, 0.25) is 0 Å². The van der Waals surface area contributed by atoms with E-state index in [0.717, 1.165) is 19.5 Å². The lowest BCUT2D eigenvalue weighted by atomic mass is 9.85. The fraction of sp³-hybridized carbons (Fsp3) is 0.824. The lowest BCUT2D eigenvalue weighted by Crippen LogP contribution is -2.35. The zero-order valence-electron chi connectivity index (χ0n) is 13.1. The summed E-state index contributed by atoms with van der Waals surface area (Å²) in [5, 5.41) is 3.48. The van der Waals surface area contributed by atoms with Crippen molar-refractivity contribution < 1.29 is 4.74 Å². The van der Waals surface area contributed by atoms with E-state index in [1.165, 1.54) is 62.2 Å². The van der Waals surface area contributed by atoms with Gasteiger partial charge in [0.25, 0.3) is 0 Å². The van der Waals surface area contributed by atoms with Crippen LogP contribution in [-0.4, -0.2) is 29.3 Å². The third kappa shape index (κ3) is 2.42. The van der Waals surface area contributed by atoms with Crippen molar-refractivity contribution in [1.82, 2.24) is 14.9 Å². The summed E-state index contributed by atoms with van der Waals surface area (Å²) >= 11 is 0. The summed E-state index contributed by atoms with van der Waals surface area (Å²) in [6.07, 6.45) is 10.8. The summed E-state index contributed by atoms with van der Waals surface area (Å²) in [6.45, 7) is 2.06. The maximum atomic E-state index is 5.50. The Balaban J connectivity index is 1.66. The molecule has 0 radical (unpaired) electrons. The van der Waals surface area contributed by atoms with E-state index in [4.69, 9.17) is 9.72 Å². The second kappa shape index (κ2) is 5.73. The Morgan fingerprint density at radius 2 is 2.00 bits per heavy atom. The molecule has 0 unspecified atom stereocenters. The van der Waals surface area contributed by atoms with Gasteiger partial charge in [-0.25, -0.2) is 4.98 Å². The molecule has 0 aromatic carbocycles. The highest BCUT2D eigenvalue weighted by atomic mass is 16.5. The van der Waals surface area contributed by atoms with Crippen molar-refractivity contribution in [3.05, 3.63) is 17.2 Å². The average molecular weight is 289 g/mol. The van der Waals surface area contributed by atoms with Crippen molar-refractivity contribution in [1.29, 1.82) is 0 Å². The molecule has 2 aliphatic carbocycles. The molecule has 1 aromatic heterocycles. The van der Waals surface area contributed by atoms with Crippen LogP contribution < -0.4 is 5.32 Å². The Hall–Kier alpha value is -0.870. The molecule has 3 aliphatic rings. The number of fused-ring (bicyclic) bond motifs is 1. The minimum Gasteiger partial charge on any atom is -0.381 e. The molecule has 1 aromatic rings. The Morgan fingerprint density at radius 1 is 1.19 bits per heavy atom. The number of nitrogens with one attached hydrogen (secondary N) is 1. The molecule has 0 spiro atoms. The number of hydrogen-bond acceptors (Lipinski definition) is 3. The van der Waals surface area contributed by atoms with E-state index in [2.05, 4.69) is 9.88 Å². The summed E-state index contributed by atoms with van der Waals surface area (Å²) in [4.78, 5) is 5.09. The van der Waals surface area contributed by atoms with Crippen molar-refractivity contribution >= 4 is 0 Å². The Bertz CT molecular complexity index is 498.